The van der Waals surface area contributed by atoms with Gasteiger partial charge in [-0.25, -0.2) is 21.2 Å². The molecule has 0 N–H and O–H groups in total. The molecule has 0 bridgehead atoms. The van der Waals surface area contributed by atoms with Crippen molar-refractivity contribution >= 4 is 31.3 Å². The zero-order valence-corrected chi connectivity index (χ0v) is 21.0. The van der Waals surface area contributed by atoms with Gasteiger partial charge in [0.15, 0.2) is 26.3 Å². The number of sulfone groups is 2. The van der Waals surface area contributed by atoms with E-state index in [4.69, 9.17) is 4.74 Å². The monoisotopic (exact) mass is 552 g/mol. The Balaban J connectivity index is 1.80. The topological polar surface area (TPSA) is 101 Å². The van der Waals surface area contributed by atoms with Crippen molar-refractivity contribution in [3.63, 3.8) is 0 Å². The van der Waals surface area contributed by atoms with E-state index < -0.39 is 49.9 Å². The second-order valence-corrected chi connectivity index (χ2v) is 12.4. The molecule has 0 unspecified atom stereocenters. The Kier molecular flexibility index (Phi) is 7.89. The molecule has 0 atom stereocenters. The van der Waals surface area contributed by atoms with Crippen molar-refractivity contribution in [2.45, 2.75) is 22.9 Å². The number of amides is 1. The van der Waals surface area contributed by atoms with Crippen molar-refractivity contribution in [3.05, 3.63) is 47.8 Å². The van der Waals surface area contributed by atoms with Gasteiger partial charge in [0.1, 0.15) is 11.6 Å². The summed E-state index contributed by atoms with van der Waals surface area (Å²) in [6, 6.07) is 6.62. The van der Waals surface area contributed by atoms with Gasteiger partial charge in [-0.05, 0) is 36.4 Å². The fourth-order valence-corrected chi connectivity index (χ4v) is 5.16. The lowest BCUT2D eigenvalue weighted by atomic mass is 10.1. The Bertz CT molecular complexity index is 1350. The van der Waals surface area contributed by atoms with E-state index in [9.17, 15) is 39.2 Å². The minimum atomic E-state index is -4.67. The molecular formula is C22H24F4N2O6S2. The number of anilines is 1. The number of alkyl halides is 3. The van der Waals surface area contributed by atoms with Crippen molar-refractivity contribution in [3.8, 4) is 5.75 Å². The van der Waals surface area contributed by atoms with Crippen molar-refractivity contribution < 1.29 is 43.9 Å². The van der Waals surface area contributed by atoms with Crippen molar-refractivity contribution in [2.24, 2.45) is 0 Å². The van der Waals surface area contributed by atoms with Gasteiger partial charge in [0.25, 0.3) is 5.91 Å². The predicted octanol–water partition coefficient (Wildman–Crippen LogP) is 2.93. The highest BCUT2D eigenvalue weighted by molar-refractivity contribution is 7.91. The number of rotatable bonds is 7. The van der Waals surface area contributed by atoms with E-state index in [2.05, 4.69) is 0 Å². The van der Waals surface area contributed by atoms with Gasteiger partial charge in [0.05, 0.1) is 26.8 Å². The smallest absolute Gasteiger partial charge is 0.422 e. The fraction of sp³-hybridized carbons (Fsp3) is 0.409. The molecule has 0 spiro atoms. The molecule has 1 amide bonds. The van der Waals surface area contributed by atoms with Gasteiger partial charge in [-0.3, -0.25) is 4.79 Å². The first kappa shape index (κ1) is 27.7. The molecule has 1 heterocycles. The average molecular weight is 553 g/mol. The van der Waals surface area contributed by atoms with E-state index in [1.165, 1.54) is 24.0 Å². The minimum absolute atomic E-state index is 0.0507. The van der Waals surface area contributed by atoms with E-state index in [-0.39, 0.29) is 53.0 Å². The van der Waals surface area contributed by atoms with Crippen LogP contribution < -0.4 is 9.64 Å². The Labute approximate surface area is 206 Å². The molecule has 14 heteroatoms. The summed E-state index contributed by atoms with van der Waals surface area (Å²) < 4.78 is 105. The fourth-order valence-electron chi connectivity index (χ4n) is 3.62. The summed E-state index contributed by atoms with van der Waals surface area (Å²) in [6.45, 7) is 0.176. The lowest BCUT2D eigenvalue weighted by Crippen LogP contribution is -2.49. The third kappa shape index (κ3) is 6.46. The number of hydrogen-bond donors (Lipinski definition) is 0. The second-order valence-electron chi connectivity index (χ2n) is 8.13. The van der Waals surface area contributed by atoms with Crippen LogP contribution in [0.1, 0.15) is 17.3 Å². The first-order valence-corrected chi connectivity index (χ1v) is 14.3. The summed E-state index contributed by atoms with van der Waals surface area (Å²) in [7, 11) is -7.34. The van der Waals surface area contributed by atoms with E-state index >= 15 is 0 Å². The van der Waals surface area contributed by atoms with Crippen molar-refractivity contribution in [1.82, 2.24) is 4.90 Å². The second kappa shape index (κ2) is 10.2. The number of piperazine rings is 1. The lowest BCUT2D eigenvalue weighted by Gasteiger charge is -2.36. The molecule has 1 saturated heterocycles. The van der Waals surface area contributed by atoms with Crippen LogP contribution in [0, 0.1) is 5.82 Å². The van der Waals surface area contributed by atoms with Crippen molar-refractivity contribution in [1.29, 1.82) is 0 Å². The quantitative estimate of drug-likeness (QED) is 0.487. The van der Waals surface area contributed by atoms with E-state index in [0.717, 1.165) is 30.5 Å². The van der Waals surface area contributed by atoms with Crippen molar-refractivity contribution in [2.75, 3.05) is 49.7 Å². The molecule has 0 aromatic heterocycles. The Morgan fingerprint density at radius 1 is 0.972 bits per heavy atom. The molecule has 3 rings (SSSR count). The molecule has 8 nitrogen and oxygen atoms in total. The zero-order chi connectivity index (χ0) is 26.9. The van der Waals surface area contributed by atoms with Crippen LogP contribution in [0.5, 0.6) is 5.75 Å². The first-order valence-electron chi connectivity index (χ1n) is 10.7. The zero-order valence-electron chi connectivity index (χ0n) is 19.4. The van der Waals surface area contributed by atoms with Crippen LogP contribution in [-0.2, 0) is 19.7 Å². The molecule has 198 valence electrons. The molecule has 36 heavy (non-hydrogen) atoms. The first-order chi connectivity index (χ1) is 16.6. The number of nitrogens with zero attached hydrogens (tertiary/aromatic N) is 2. The highest BCUT2D eigenvalue weighted by Gasteiger charge is 2.31. The maximum atomic E-state index is 14.7. The number of halogens is 4. The summed E-state index contributed by atoms with van der Waals surface area (Å²) in [5, 5.41) is 0. The number of carbonyl (C=O) groups excluding carboxylic acids is 1. The predicted molar refractivity (Wildman–Crippen MR) is 123 cm³/mol. The summed E-state index contributed by atoms with van der Waals surface area (Å²) in [5.41, 5.74) is -0.193. The number of ether oxygens (including phenoxy) is 1. The number of benzene rings is 2. The van der Waals surface area contributed by atoms with Crippen LogP contribution in [0.4, 0.5) is 23.2 Å². The van der Waals surface area contributed by atoms with Gasteiger partial charge in [-0.15, -0.1) is 0 Å². The molecular weight excluding hydrogens is 528 g/mol. The van der Waals surface area contributed by atoms with Gasteiger partial charge in [0.2, 0.25) is 0 Å². The maximum absolute atomic E-state index is 14.7. The van der Waals surface area contributed by atoms with Crippen LogP contribution in [0.3, 0.4) is 0 Å². The summed E-state index contributed by atoms with van der Waals surface area (Å²) in [6.07, 6.45) is -3.77. The molecule has 2 aromatic rings. The Hall–Kier alpha value is -2.87. The molecule has 1 fully saturated rings. The lowest BCUT2D eigenvalue weighted by molar-refractivity contribution is -0.153. The van der Waals surface area contributed by atoms with Crippen LogP contribution >= 0.6 is 0 Å². The van der Waals surface area contributed by atoms with Gasteiger partial charge >= 0.3 is 6.18 Å². The van der Waals surface area contributed by atoms with Crippen LogP contribution in [0.25, 0.3) is 0 Å². The van der Waals surface area contributed by atoms with E-state index in [1.54, 1.807) is 4.90 Å². The van der Waals surface area contributed by atoms with Gasteiger partial charge in [-0.2, -0.15) is 13.2 Å². The van der Waals surface area contributed by atoms with Gasteiger partial charge in [0, 0.05) is 32.4 Å². The highest BCUT2D eigenvalue weighted by Crippen LogP contribution is 2.28. The SMILES string of the molecule is CCS(=O)(=O)c1ccc(N2CCN(C(=O)c3cc(S(C)(=O)=O)ccc3OCC(F)(F)F)CC2)c(F)c1. The van der Waals surface area contributed by atoms with Gasteiger partial charge < -0.3 is 14.5 Å². The van der Waals surface area contributed by atoms with Crippen LogP contribution in [-0.4, -0.2) is 78.6 Å². The van der Waals surface area contributed by atoms with E-state index in [0.29, 0.717) is 0 Å². The van der Waals surface area contributed by atoms with Crippen LogP contribution in [0.2, 0.25) is 0 Å². The Morgan fingerprint density at radius 3 is 2.11 bits per heavy atom. The number of hydrogen-bond acceptors (Lipinski definition) is 7. The summed E-state index contributed by atoms with van der Waals surface area (Å²) in [5.74, 6) is -2.07. The third-order valence-corrected chi connectivity index (χ3v) is 8.41. The molecule has 0 aliphatic carbocycles. The normalized spacial score (nSPS) is 15.2. The minimum Gasteiger partial charge on any atom is -0.483 e. The third-order valence-electron chi connectivity index (χ3n) is 5.57. The summed E-state index contributed by atoms with van der Waals surface area (Å²) in [4.78, 5) is 15.6. The maximum Gasteiger partial charge on any atom is 0.422 e. The average Bonchev–Trinajstić information content (AvgIpc) is 2.81. The molecule has 2 aromatic carbocycles. The molecule has 1 aliphatic rings. The molecule has 1 aliphatic heterocycles. The van der Waals surface area contributed by atoms with Gasteiger partial charge in [-0.1, -0.05) is 6.92 Å². The molecule has 0 saturated carbocycles. The Morgan fingerprint density at radius 2 is 1.58 bits per heavy atom. The largest absolute Gasteiger partial charge is 0.483 e. The summed E-state index contributed by atoms with van der Waals surface area (Å²) >= 11 is 0. The molecule has 0 radical (unpaired) electrons. The highest BCUT2D eigenvalue weighted by atomic mass is 32.2. The van der Waals surface area contributed by atoms with Crippen LogP contribution in [0.15, 0.2) is 46.2 Å². The number of carbonyl (C=O) groups is 1. The standard InChI is InChI=1S/C22H24F4N2O6S2/c1-3-36(32,33)16-4-6-19(18(23)13-16)27-8-10-28(11-9-27)21(29)17-12-15(35(2,30)31)5-7-20(17)34-14-22(24,25)26/h4-7,12-13H,3,8-11,14H2,1-2H3. The van der Waals surface area contributed by atoms with E-state index in [1.807, 2.05) is 0 Å².